The Hall–Kier alpha value is -3.93. The van der Waals surface area contributed by atoms with Gasteiger partial charge in [0.15, 0.2) is 6.10 Å². The van der Waals surface area contributed by atoms with Crippen LogP contribution >= 0.6 is 0 Å². The molecule has 0 aliphatic carbocycles. The van der Waals surface area contributed by atoms with Gasteiger partial charge in [-0.25, -0.2) is 0 Å². The number of carbonyl (C=O) groups excluding carboxylic acids is 3. The minimum atomic E-state index is -0.811. The van der Waals surface area contributed by atoms with Gasteiger partial charge in [-0.3, -0.25) is 14.4 Å². The van der Waals surface area contributed by atoms with Crippen LogP contribution in [0.4, 0.5) is 0 Å². The van der Waals surface area contributed by atoms with Crippen LogP contribution in [0.1, 0.15) is 207 Å². The summed E-state index contributed by atoms with van der Waals surface area (Å²) in [5.41, 5.74) is 0. The molecule has 0 aliphatic rings. The van der Waals surface area contributed by atoms with E-state index in [9.17, 15) is 14.4 Å². The van der Waals surface area contributed by atoms with Crippen molar-refractivity contribution in [1.29, 1.82) is 0 Å². The number of ether oxygens (including phenoxy) is 3. The van der Waals surface area contributed by atoms with Crippen LogP contribution in [-0.4, -0.2) is 37.2 Å². The van der Waals surface area contributed by atoms with Crippen molar-refractivity contribution in [2.75, 3.05) is 13.2 Å². The average Bonchev–Trinajstić information content (AvgIpc) is 3.27. The molecule has 0 N–H and O–H groups in total. The predicted octanol–water partition coefficient (Wildman–Crippen LogP) is 16.4. The summed E-state index contributed by atoms with van der Waals surface area (Å²) in [5, 5.41) is 0. The minimum absolute atomic E-state index is 0.113. The van der Waals surface area contributed by atoms with Crippen molar-refractivity contribution in [2.24, 2.45) is 0 Å². The first kappa shape index (κ1) is 58.1. The second-order valence-corrected chi connectivity index (χ2v) is 16.1. The smallest absolute Gasteiger partial charge is 0.306 e. The zero-order chi connectivity index (χ0) is 45.1. The molecule has 0 amide bonds. The molecular formula is C56H90O6. The first-order valence-corrected chi connectivity index (χ1v) is 25.0. The molecule has 0 heterocycles. The summed E-state index contributed by atoms with van der Waals surface area (Å²) in [6.07, 6.45) is 66.4. The Morgan fingerprint density at radius 1 is 0.355 bits per heavy atom. The van der Waals surface area contributed by atoms with Crippen molar-refractivity contribution in [2.45, 2.75) is 213 Å². The number of hydrogen-bond donors (Lipinski definition) is 0. The van der Waals surface area contributed by atoms with Crippen molar-refractivity contribution in [3.8, 4) is 0 Å². The van der Waals surface area contributed by atoms with E-state index in [1.54, 1.807) is 0 Å². The third kappa shape index (κ3) is 47.1. The summed E-state index contributed by atoms with van der Waals surface area (Å²) in [5.74, 6) is -0.997. The number of hydrogen-bond acceptors (Lipinski definition) is 6. The Balaban J connectivity index is 4.52. The van der Waals surface area contributed by atoms with E-state index in [1.807, 2.05) is 60.8 Å². The van der Waals surface area contributed by atoms with Crippen LogP contribution in [0.2, 0.25) is 0 Å². The Labute approximate surface area is 380 Å². The molecule has 0 saturated heterocycles. The van der Waals surface area contributed by atoms with Gasteiger partial charge >= 0.3 is 17.9 Å². The zero-order valence-electron chi connectivity index (χ0n) is 39.8. The van der Waals surface area contributed by atoms with Crippen molar-refractivity contribution >= 4 is 17.9 Å². The van der Waals surface area contributed by atoms with E-state index in [0.29, 0.717) is 19.3 Å². The summed E-state index contributed by atoms with van der Waals surface area (Å²) in [6.45, 7) is 6.29. The lowest BCUT2D eigenvalue weighted by Crippen LogP contribution is -2.30. The van der Waals surface area contributed by atoms with Gasteiger partial charge < -0.3 is 14.2 Å². The van der Waals surface area contributed by atoms with Gasteiger partial charge in [-0.1, -0.05) is 226 Å². The third-order valence-corrected chi connectivity index (χ3v) is 10.2. The first-order chi connectivity index (χ1) is 30.5. The van der Waals surface area contributed by atoms with E-state index in [-0.39, 0.29) is 31.1 Å². The molecule has 0 spiro atoms. The molecule has 6 nitrogen and oxygen atoms in total. The molecule has 0 rings (SSSR count). The van der Waals surface area contributed by atoms with Crippen molar-refractivity contribution in [3.63, 3.8) is 0 Å². The van der Waals surface area contributed by atoms with E-state index >= 15 is 0 Å². The monoisotopic (exact) mass is 859 g/mol. The normalized spacial score (nSPS) is 13.0. The molecule has 0 bridgehead atoms. The van der Waals surface area contributed by atoms with Crippen LogP contribution in [0.5, 0.6) is 0 Å². The second-order valence-electron chi connectivity index (χ2n) is 16.1. The number of unbranched alkanes of at least 4 members (excludes halogenated alkanes) is 19. The maximum absolute atomic E-state index is 12.8. The Morgan fingerprint density at radius 2 is 0.710 bits per heavy atom. The fraction of sp³-hybridized carbons (Fsp3) is 0.625. The summed E-state index contributed by atoms with van der Waals surface area (Å²) in [7, 11) is 0. The lowest BCUT2D eigenvalue weighted by molar-refractivity contribution is -0.167. The number of carbonyl (C=O) groups is 3. The van der Waals surface area contributed by atoms with Gasteiger partial charge in [-0.2, -0.15) is 0 Å². The Morgan fingerprint density at radius 3 is 1.21 bits per heavy atom. The lowest BCUT2D eigenvalue weighted by atomic mass is 10.0. The number of esters is 3. The van der Waals surface area contributed by atoms with Crippen LogP contribution in [-0.2, 0) is 28.6 Å². The molecule has 1 unspecified atom stereocenters. The van der Waals surface area contributed by atoms with Gasteiger partial charge in [-0.15, -0.1) is 0 Å². The SMILES string of the molecule is CC\C=C/C=C\C=C/C=C\C=C\C=C/CCCCCC(=O)OCC(COC(=O)CCCC/C=C\C/C=C\C/C=C\CC)OC(=O)CCCCCCCCCCCCCCCCC. The summed E-state index contributed by atoms with van der Waals surface area (Å²) in [6, 6.07) is 0. The maximum atomic E-state index is 12.8. The number of rotatable bonds is 43. The summed E-state index contributed by atoms with van der Waals surface area (Å²) >= 11 is 0. The van der Waals surface area contributed by atoms with E-state index in [0.717, 1.165) is 89.9 Å². The lowest BCUT2D eigenvalue weighted by Gasteiger charge is -2.18. The molecule has 0 aromatic heterocycles. The van der Waals surface area contributed by atoms with E-state index in [2.05, 4.69) is 69.4 Å². The van der Waals surface area contributed by atoms with Crippen LogP contribution in [0.25, 0.3) is 0 Å². The molecule has 0 fully saturated rings. The number of allylic oxidation sites excluding steroid dienone is 18. The van der Waals surface area contributed by atoms with Crippen LogP contribution in [0.15, 0.2) is 109 Å². The van der Waals surface area contributed by atoms with Gasteiger partial charge in [0.05, 0.1) is 0 Å². The highest BCUT2D eigenvalue weighted by Crippen LogP contribution is 2.15. The van der Waals surface area contributed by atoms with Crippen molar-refractivity contribution in [3.05, 3.63) is 109 Å². The van der Waals surface area contributed by atoms with E-state index < -0.39 is 6.10 Å². The van der Waals surface area contributed by atoms with E-state index in [4.69, 9.17) is 14.2 Å². The molecule has 0 saturated carbocycles. The maximum Gasteiger partial charge on any atom is 0.306 e. The molecule has 350 valence electrons. The van der Waals surface area contributed by atoms with Gasteiger partial charge in [0.25, 0.3) is 0 Å². The third-order valence-electron chi connectivity index (χ3n) is 10.2. The molecule has 1 atom stereocenters. The van der Waals surface area contributed by atoms with Crippen LogP contribution in [0, 0.1) is 0 Å². The molecule has 62 heavy (non-hydrogen) atoms. The fourth-order valence-electron chi connectivity index (χ4n) is 6.49. The van der Waals surface area contributed by atoms with Gasteiger partial charge in [-0.05, 0) is 70.6 Å². The van der Waals surface area contributed by atoms with Crippen molar-refractivity contribution in [1.82, 2.24) is 0 Å². The molecule has 0 aliphatic heterocycles. The van der Waals surface area contributed by atoms with Gasteiger partial charge in [0, 0.05) is 19.3 Å². The first-order valence-electron chi connectivity index (χ1n) is 25.0. The molecular weight excluding hydrogens is 769 g/mol. The topological polar surface area (TPSA) is 78.9 Å². The van der Waals surface area contributed by atoms with Gasteiger partial charge in [0.2, 0.25) is 0 Å². The van der Waals surface area contributed by atoms with Crippen molar-refractivity contribution < 1.29 is 28.6 Å². The van der Waals surface area contributed by atoms with E-state index in [1.165, 1.54) is 77.0 Å². The highest BCUT2D eigenvalue weighted by atomic mass is 16.6. The summed E-state index contributed by atoms with van der Waals surface area (Å²) < 4.78 is 16.7. The molecule has 0 radical (unpaired) electrons. The largest absolute Gasteiger partial charge is 0.462 e. The second kappa shape index (κ2) is 49.7. The fourth-order valence-corrected chi connectivity index (χ4v) is 6.49. The Bertz CT molecular complexity index is 1310. The predicted molar refractivity (Wildman–Crippen MR) is 265 cm³/mol. The summed E-state index contributed by atoms with van der Waals surface area (Å²) in [4.78, 5) is 37.9. The molecule has 0 aromatic rings. The standard InChI is InChI=1S/C56H90O6/c1-4-7-10-13-16-19-22-25-27-28-30-31-34-37-40-43-46-49-55(58)61-52-53(51-60-54(57)48-45-42-39-36-33-24-21-18-15-12-9-6-3)62-56(59)50-47-44-41-38-35-32-29-26-23-20-17-14-11-8-5-2/h7,9-10,12-13,16,18-19,21-22,25,27-28,30-31,33-34,36,53H,4-6,8,11,14-15,17,20,23-24,26,29,32,35,37-52H2,1-3H3/b10-7-,12-9-,16-13-,21-18-,22-19-,27-25-,30-28+,34-31-,36-33-. The quantitative estimate of drug-likeness (QED) is 0.0200. The van der Waals surface area contributed by atoms with Crippen LogP contribution < -0.4 is 0 Å². The Kier molecular flexibility index (Phi) is 46.6. The average molecular weight is 859 g/mol. The highest BCUT2D eigenvalue weighted by molar-refractivity contribution is 5.71. The van der Waals surface area contributed by atoms with Gasteiger partial charge in [0.1, 0.15) is 13.2 Å². The molecule has 0 aromatic carbocycles. The highest BCUT2D eigenvalue weighted by Gasteiger charge is 2.19. The zero-order valence-corrected chi connectivity index (χ0v) is 39.8. The van der Waals surface area contributed by atoms with Crippen LogP contribution in [0.3, 0.4) is 0 Å². The molecule has 6 heteroatoms. The minimum Gasteiger partial charge on any atom is -0.462 e.